The number of rotatable bonds is 3. The van der Waals surface area contributed by atoms with Crippen LogP contribution in [0.15, 0.2) is 22.7 Å². The van der Waals surface area contributed by atoms with E-state index in [0.29, 0.717) is 24.7 Å². The lowest BCUT2D eigenvalue weighted by molar-refractivity contribution is -0.119. The minimum absolute atomic E-state index is 0.0354. The Morgan fingerprint density at radius 2 is 2.23 bits per heavy atom. The number of nitrogens with zero attached hydrogens (tertiary/aromatic N) is 1. The van der Waals surface area contributed by atoms with E-state index in [1.54, 1.807) is 11.0 Å². The van der Waals surface area contributed by atoms with E-state index in [9.17, 15) is 9.59 Å². The summed E-state index contributed by atoms with van der Waals surface area (Å²) in [4.78, 5) is 25.1. The first-order valence-electron chi connectivity index (χ1n) is 7.19. The summed E-state index contributed by atoms with van der Waals surface area (Å²) >= 11 is 9.49. The van der Waals surface area contributed by atoms with Crippen LogP contribution in [-0.4, -0.2) is 36.0 Å². The maximum atomic E-state index is 12.2. The van der Waals surface area contributed by atoms with Crippen molar-refractivity contribution in [1.82, 2.24) is 15.5 Å². The van der Waals surface area contributed by atoms with E-state index < -0.39 is 0 Å². The quantitative estimate of drug-likeness (QED) is 0.836. The molecule has 1 aromatic carbocycles. The minimum Gasteiger partial charge on any atom is -0.352 e. The van der Waals surface area contributed by atoms with E-state index in [1.165, 1.54) is 6.92 Å². The lowest BCUT2D eigenvalue weighted by atomic mass is 10.1. The van der Waals surface area contributed by atoms with Crippen molar-refractivity contribution in [2.75, 3.05) is 13.1 Å². The second-order valence-corrected chi connectivity index (χ2v) is 6.70. The normalized spacial score (nSPS) is 18.0. The Kier molecular flexibility index (Phi) is 6.08. The molecular weight excluding hydrogens is 370 g/mol. The number of piperidine rings is 1. The third kappa shape index (κ3) is 4.88. The van der Waals surface area contributed by atoms with Crippen LogP contribution in [-0.2, 0) is 11.3 Å². The number of likely N-dealkylation sites (tertiary alicyclic amines) is 1. The van der Waals surface area contributed by atoms with Gasteiger partial charge in [0.15, 0.2) is 0 Å². The average molecular weight is 389 g/mol. The van der Waals surface area contributed by atoms with Crippen LogP contribution < -0.4 is 10.6 Å². The standard InChI is InChI=1S/C15H19BrClN3O2/c1-10(21)19-13-3-2-6-20(9-13)15(22)18-8-11-4-5-12(16)7-14(11)17/h4-5,7,13H,2-3,6,8-9H2,1H3,(H,18,22)(H,19,21). The van der Waals surface area contributed by atoms with Crippen molar-refractivity contribution in [1.29, 1.82) is 0 Å². The third-order valence-corrected chi connectivity index (χ3v) is 4.41. The maximum absolute atomic E-state index is 12.2. The Hall–Kier alpha value is -1.27. The average Bonchev–Trinajstić information content (AvgIpc) is 2.45. The summed E-state index contributed by atoms with van der Waals surface area (Å²) in [5, 5.41) is 6.36. The fraction of sp³-hybridized carbons (Fsp3) is 0.467. The molecule has 1 aliphatic heterocycles. The molecule has 1 heterocycles. The van der Waals surface area contributed by atoms with Gasteiger partial charge >= 0.3 is 6.03 Å². The van der Waals surface area contributed by atoms with Gasteiger partial charge in [0.05, 0.1) is 0 Å². The molecule has 1 aliphatic rings. The second kappa shape index (κ2) is 7.83. The summed E-state index contributed by atoms with van der Waals surface area (Å²) in [6, 6.07) is 5.48. The molecule has 3 amide bonds. The van der Waals surface area contributed by atoms with Crippen LogP contribution in [0.1, 0.15) is 25.3 Å². The summed E-state index contributed by atoms with van der Waals surface area (Å²) in [7, 11) is 0. The molecule has 120 valence electrons. The number of carbonyl (C=O) groups excluding carboxylic acids is 2. The molecule has 1 fully saturated rings. The zero-order valence-electron chi connectivity index (χ0n) is 12.4. The molecule has 7 heteroatoms. The molecule has 2 rings (SSSR count). The molecular formula is C15H19BrClN3O2. The Morgan fingerprint density at radius 3 is 2.91 bits per heavy atom. The Labute approximate surface area is 143 Å². The topological polar surface area (TPSA) is 61.4 Å². The fourth-order valence-corrected chi connectivity index (χ4v) is 3.25. The highest BCUT2D eigenvalue weighted by Gasteiger charge is 2.23. The molecule has 1 aromatic rings. The van der Waals surface area contributed by atoms with E-state index in [-0.39, 0.29) is 18.0 Å². The van der Waals surface area contributed by atoms with Crippen molar-refractivity contribution in [2.45, 2.75) is 32.4 Å². The molecule has 1 atom stereocenters. The van der Waals surface area contributed by atoms with Gasteiger partial charge in [-0.25, -0.2) is 4.79 Å². The molecule has 0 saturated carbocycles. The van der Waals surface area contributed by atoms with Crippen molar-refractivity contribution >= 4 is 39.5 Å². The van der Waals surface area contributed by atoms with Crippen LogP contribution in [0.3, 0.4) is 0 Å². The van der Waals surface area contributed by atoms with E-state index in [4.69, 9.17) is 11.6 Å². The van der Waals surface area contributed by atoms with Gasteiger partial charge in [0.2, 0.25) is 5.91 Å². The molecule has 2 N–H and O–H groups in total. The van der Waals surface area contributed by atoms with Gasteiger partial charge in [0.1, 0.15) is 0 Å². The fourth-order valence-electron chi connectivity index (χ4n) is 2.51. The van der Waals surface area contributed by atoms with Crippen LogP contribution in [0.25, 0.3) is 0 Å². The lowest BCUT2D eigenvalue weighted by Gasteiger charge is -2.33. The highest BCUT2D eigenvalue weighted by atomic mass is 79.9. The van der Waals surface area contributed by atoms with E-state index in [2.05, 4.69) is 26.6 Å². The Bertz CT molecular complexity index is 568. The number of carbonyl (C=O) groups is 2. The van der Waals surface area contributed by atoms with Crippen LogP contribution in [0, 0.1) is 0 Å². The molecule has 1 saturated heterocycles. The van der Waals surface area contributed by atoms with Crippen molar-refractivity contribution in [2.24, 2.45) is 0 Å². The molecule has 0 spiro atoms. The summed E-state index contributed by atoms with van der Waals surface area (Å²) in [6.07, 6.45) is 1.79. The molecule has 0 bridgehead atoms. The number of hydrogen-bond acceptors (Lipinski definition) is 2. The van der Waals surface area contributed by atoms with Crippen molar-refractivity contribution in [3.63, 3.8) is 0 Å². The van der Waals surface area contributed by atoms with E-state index >= 15 is 0 Å². The van der Waals surface area contributed by atoms with Crippen LogP contribution in [0.5, 0.6) is 0 Å². The predicted molar refractivity (Wildman–Crippen MR) is 89.8 cm³/mol. The van der Waals surface area contributed by atoms with Crippen molar-refractivity contribution in [3.05, 3.63) is 33.3 Å². The molecule has 1 unspecified atom stereocenters. The van der Waals surface area contributed by atoms with Gasteiger partial charge in [-0.15, -0.1) is 0 Å². The molecule has 0 aliphatic carbocycles. The maximum Gasteiger partial charge on any atom is 0.317 e. The highest BCUT2D eigenvalue weighted by Crippen LogP contribution is 2.21. The summed E-state index contributed by atoms with van der Waals surface area (Å²) in [5.41, 5.74) is 0.869. The van der Waals surface area contributed by atoms with Gasteiger partial charge in [-0.1, -0.05) is 33.6 Å². The SMILES string of the molecule is CC(=O)NC1CCCN(C(=O)NCc2ccc(Br)cc2Cl)C1. The van der Waals surface area contributed by atoms with Gasteiger partial charge in [0, 0.05) is 42.1 Å². The van der Waals surface area contributed by atoms with Gasteiger partial charge in [-0.05, 0) is 30.5 Å². The molecule has 0 radical (unpaired) electrons. The van der Waals surface area contributed by atoms with Crippen molar-refractivity contribution < 1.29 is 9.59 Å². The van der Waals surface area contributed by atoms with Gasteiger partial charge < -0.3 is 15.5 Å². The van der Waals surface area contributed by atoms with Crippen molar-refractivity contribution in [3.8, 4) is 0 Å². The monoisotopic (exact) mass is 387 g/mol. The first-order valence-corrected chi connectivity index (χ1v) is 8.36. The third-order valence-electron chi connectivity index (χ3n) is 3.56. The highest BCUT2D eigenvalue weighted by molar-refractivity contribution is 9.10. The largest absolute Gasteiger partial charge is 0.352 e. The number of hydrogen-bond donors (Lipinski definition) is 2. The van der Waals surface area contributed by atoms with Gasteiger partial charge in [0.25, 0.3) is 0 Å². The zero-order chi connectivity index (χ0) is 16.1. The second-order valence-electron chi connectivity index (χ2n) is 5.38. The van der Waals surface area contributed by atoms with Gasteiger partial charge in [-0.2, -0.15) is 0 Å². The smallest absolute Gasteiger partial charge is 0.317 e. The van der Waals surface area contributed by atoms with Gasteiger partial charge in [-0.3, -0.25) is 4.79 Å². The Balaban J connectivity index is 1.87. The number of amides is 3. The minimum atomic E-state index is -0.131. The molecule has 0 aromatic heterocycles. The first-order chi connectivity index (χ1) is 10.5. The van der Waals surface area contributed by atoms with Crippen LogP contribution in [0.4, 0.5) is 4.79 Å². The summed E-state index contributed by atoms with van der Waals surface area (Å²) < 4.78 is 0.904. The molecule has 5 nitrogen and oxygen atoms in total. The lowest BCUT2D eigenvalue weighted by Crippen LogP contribution is -2.51. The summed E-state index contributed by atoms with van der Waals surface area (Å²) in [5.74, 6) is -0.0612. The summed E-state index contributed by atoms with van der Waals surface area (Å²) in [6.45, 7) is 3.12. The first kappa shape index (κ1) is 17.1. The Morgan fingerprint density at radius 1 is 1.45 bits per heavy atom. The van der Waals surface area contributed by atoms with Crippen LogP contribution in [0.2, 0.25) is 5.02 Å². The van der Waals surface area contributed by atoms with E-state index in [1.807, 2.05) is 12.1 Å². The zero-order valence-corrected chi connectivity index (χ0v) is 14.7. The van der Waals surface area contributed by atoms with Crippen LogP contribution >= 0.6 is 27.5 Å². The van der Waals surface area contributed by atoms with E-state index in [0.717, 1.165) is 22.9 Å². The number of urea groups is 1. The molecule has 22 heavy (non-hydrogen) atoms. The number of halogens is 2. The number of nitrogens with one attached hydrogen (secondary N) is 2. The number of benzene rings is 1. The predicted octanol–water partition coefficient (Wildman–Crippen LogP) is 2.91.